The molecule has 0 aliphatic heterocycles. The van der Waals surface area contributed by atoms with Gasteiger partial charge in [0.15, 0.2) is 0 Å². The number of aliphatic hydroxyl groups excluding tert-OH is 1. The first kappa shape index (κ1) is 16.4. The second-order valence-corrected chi connectivity index (χ2v) is 2.13. The minimum atomic E-state index is -1.37. The monoisotopic (exact) mass is 240 g/mol. The van der Waals surface area contributed by atoms with Gasteiger partial charge in [0.1, 0.15) is 6.61 Å². The fraction of sp³-hybridized carbons (Fsp3) is 0.571. The number of ether oxygens (including phenoxy) is 2. The molecule has 0 saturated heterocycles. The van der Waals surface area contributed by atoms with Crippen LogP contribution in [0.2, 0.25) is 0 Å². The summed E-state index contributed by atoms with van der Waals surface area (Å²) in [6, 6.07) is 0. The standard InChI is InChI=1S/C5H8O6.C2H4O3/c6-4(7)10-2-1-3-11-5(8)9;3-1-2(4)5/h1-3H2,(H,6,7)(H,8,9);3H,1H2,(H,4,5). The van der Waals surface area contributed by atoms with Gasteiger partial charge in [-0.15, -0.1) is 0 Å². The largest absolute Gasteiger partial charge is 0.505 e. The van der Waals surface area contributed by atoms with Gasteiger partial charge >= 0.3 is 18.3 Å². The van der Waals surface area contributed by atoms with Crippen molar-refractivity contribution in [1.82, 2.24) is 0 Å². The molecule has 0 rings (SSSR count). The van der Waals surface area contributed by atoms with Gasteiger partial charge in [0.2, 0.25) is 0 Å². The summed E-state index contributed by atoms with van der Waals surface area (Å²) in [5.74, 6) is -1.19. The summed E-state index contributed by atoms with van der Waals surface area (Å²) in [7, 11) is 0. The molecule has 0 aliphatic carbocycles. The van der Waals surface area contributed by atoms with Gasteiger partial charge in [0, 0.05) is 6.42 Å². The lowest BCUT2D eigenvalue weighted by atomic mass is 10.5. The lowest BCUT2D eigenvalue weighted by Gasteiger charge is -1.99. The Morgan fingerprint density at radius 2 is 1.19 bits per heavy atom. The molecule has 0 aromatic heterocycles. The van der Waals surface area contributed by atoms with E-state index in [4.69, 9.17) is 25.2 Å². The van der Waals surface area contributed by atoms with E-state index in [9.17, 15) is 9.59 Å². The maximum Gasteiger partial charge on any atom is 0.505 e. The average molecular weight is 240 g/mol. The third-order valence-electron chi connectivity index (χ3n) is 0.875. The summed E-state index contributed by atoms with van der Waals surface area (Å²) >= 11 is 0. The van der Waals surface area contributed by atoms with Gasteiger partial charge in [0.05, 0.1) is 13.2 Å². The van der Waals surface area contributed by atoms with Gasteiger partial charge in [-0.1, -0.05) is 0 Å². The van der Waals surface area contributed by atoms with Crippen LogP contribution in [0.25, 0.3) is 0 Å². The number of carboxylic acids is 1. The summed E-state index contributed by atoms with van der Waals surface area (Å²) in [5, 5.41) is 30.9. The Bertz CT molecular complexity index is 208. The van der Waals surface area contributed by atoms with Crippen LogP contribution >= 0.6 is 0 Å². The number of hydrogen-bond acceptors (Lipinski definition) is 6. The second-order valence-electron chi connectivity index (χ2n) is 2.13. The fourth-order valence-electron chi connectivity index (χ4n) is 0.378. The second kappa shape index (κ2) is 11.0. The predicted octanol–water partition coefficient (Wildman–Crippen LogP) is -0.171. The first-order valence-corrected chi connectivity index (χ1v) is 3.94. The summed E-state index contributed by atoms with van der Waals surface area (Å²) < 4.78 is 8.13. The van der Waals surface area contributed by atoms with E-state index in [2.05, 4.69) is 9.47 Å². The third-order valence-corrected chi connectivity index (χ3v) is 0.875. The molecular weight excluding hydrogens is 228 g/mol. The molecular formula is C7H12O9. The Kier molecular flexibility index (Phi) is 11.3. The van der Waals surface area contributed by atoms with Crippen molar-refractivity contribution in [3.63, 3.8) is 0 Å². The zero-order valence-corrected chi connectivity index (χ0v) is 8.16. The first-order valence-electron chi connectivity index (χ1n) is 3.94. The molecule has 0 atom stereocenters. The lowest BCUT2D eigenvalue weighted by molar-refractivity contribution is -0.140. The van der Waals surface area contributed by atoms with Crippen molar-refractivity contribution in [2.24, 2.45) is 0 Å². The fourth-order valence-corrected chi connectivity index (χ4v) is 0.378. The van der Waals surface area contributed by atoms with Gasteiger partial charge < -0.3 is 29.9 Å². The molecule has 0 aromatic rings. The molecule has 0 bridgehead atoms. The smallest absolute Gasteiger partial charge is 0.480 e. The van der Waals surface area contributed by atoms with Gasteiger partial charge in [0.25, 0.3) is 0 Å². The minimum Gasteiger partial charge on any atom is -0.480 e. The molecule has 94 valence electrons. The molecule has 0 fully saturated rings. The number of aliphatic hydroxyl groups is 1. The highest BCUT2D eigenvalue weighted by Crippen LogP contribution is 1.85. The molecule has 0 heterocycles. The number of aliphatic carboxylic acids is 1. The van der Waals surface area contributed by atoms with E-state index in [1.54, 1.807) is 0 Å². The topological polar surface area (TPSA) is 151 Å². The van der Waals surface area contributed by atoms with Crippen LogP contribution in [0.4, 0.5) is 9.59 Å². The maximum atomic E-state index is 9.72. The maximum absolute atomic E-state index is 9.72. The van der Waals surface area contributed by atoms with Crippen LogP contribution in [0.3, 0.4) is 0 Å². The molecule has 0 aliphatic rings. The van der Waals surface area contributed by atoms with E-state index in [1.807, 2.05) is 0 Å². The summed E-state index contributed by atoms with van der Waals surface area (Å²) in [5.41, 5.74) is 0. The third kappa shape index (κ3) is 22.7. The summed E-state index contributed by atoms with van der Waals surface area (Å²) in [6.45, 7) is -0.884. The Morgan fingerprint density at radius 3 is 1.38 bits per heavy atom. The zero-order chi connectivity index (χ0) is 13.0. The van der Waals surface area contributed by atoms with E-state index in [1.165, 1.54) is 0 Å². The molecule has 0 saturated carbocycles. The van der Waals surface area contributed by atoms with Crippen molar-refractivity contribution in [2.75, 3.05) is 19.8 Å². The van der Waals surface area contributed by atoms with Gasteiger partial charge in [-0.2, -0.15) is 0 Å². The van der Waals surface area contributed by atoms with Gasteiger partial charge in [-0.05, 0) is 0 Å². The van der Waals surface area contributed by atoms with Crippen LogP contribution in [-0.4, -0.2) is 58.5 Å². The molecule has 0 radical (unpaired) electrons. The van der Waals surface area contributed by atoms with Crippen LogP contribution in [-0.2, 0) is 14.3 Å². The van der Waals surface area contributed by atoms with Crippen molar-refractivity contribution in [1.29, 1.82) is 0 Å². The van der Waals surface area contributed by atoms with Crippen LogP contribution in [0.15, 0.2) is 0 Å². The molecule has 0 amide bonds. The number of carbonyl (C=O) groups is 3. The average Bonchev–Trinajstić information content (AvgIpc) is 2.17. The van der Waals surface area contributed by atoms with Crippen molar-refractivity contribution in [3.8, 4) is 0 Å². The van der Waals surface area contributed by atoms with E-state index >= 15 is 0 Å². The molecule has 16 heavy (non-hydrogen) atoms. The quantitative estimate of drug-likeness (QED) is 0.379. The summed E-state index contributed by atoms with van der Waals surface area (Å²) in [4.78, 5) is 28.6. The van der Waals surface area contributed by atoms with Crippen molar-refractivity contribution < 1.29 is 44.3 Å². The van der Waals surface area contributed by atoms with Crippen LogP contribution in [0.1, 0.15) is 6.42 Å². The molecule has 0 unspecified atom stereocenters. The minimum absolute atomic E-state index is 0.0530. The van der Waals surface area contributed by atoms with E-state index in [0.29, 0.717) is 0 Å². The van der Waals surface area contributed by atoms with Crippen LogP contribution in [0.5, 0.6) is 0 Å². The van der Waals surface area contributed by atoms with E-state index in [0.717, 1.165) is 0 Å². The summed E-state index contributed by atoms with van der Waals surface area (Å²) in [6.07, 6.45) is -2.51. The highest BCUT2D eigenvalue weighted by atomic mass is 16.7. The Labute approximate surface area is 89.8 Å². The molecule has 9 heteroatoms. The molecule has 4 N–H and O–H groups in total. The van der Waals surface area contributed by atoms with Gasteiger partial charge in [-0.25, -0.2) is 14.4 Å². The molecule has 0 aromatic carbocycles. The van der Waals surface area contributed by atoms with Crippen molar-refractivity contribution in [3.05, 3.63) is 0 Å². The van der Waals surface area contributed by atoms with Crippen molar-refractivity contribution in [2.45, 2.75) is 6.42 Å². The predicted molar refractivity (Wildman–Crippen MR) is 47.3 cm³/mol. The Balaban J connectivity index is 0. The number of rotatable bonds is 5. The first-order chi connectivity index (χ1) is 7.40. The lowest BCUT2D eigenvalue weighted by Crippen LogP contribution is -2.07. The molecule has 0 spiro atoms. The van der Waals surface area contributed by atoms with Gasteiger partial charge in [-0.3, -0.25) is 0 Å². The van der Waals surface area contributed by atoms with E-state index in [-0.39, 0.29) is 19.6 Å². The Morgan fingerprint density at radius 1 is 0.875 bits per heavy atom. The molecule has 9 nitrogen and oxygen atoms in total. The number of carboxylic acid groups (broad SMARTS) is 3. The van der Waals surface area contributed by atoms with Crippen LogP contribution in [0, 0.1) is 0 Å². The zero-order valence-electron chi connectivity index (χ0n) is 8.16. The highest BCUT2D eigenvalue weighted by Gasteiger charge is 1.98. The Hall–Kier alpha value is -2.03. The highest BCUT2D eigenvalue weighted by molar-refractivity contribution is 5.67. The number of hydrogen-bond donors (Lipinski definition) is 4. The van der Waals surface area contributed by atoms with Crippen molar-refractivity contribution >= 4 is 18.3 Å². The SMILES string of the molecule is O=C(O)CO.O=C(O)OCCCOC(=O)O. The van der Waals surface area contributed by atoms with E-state index < -0.39 is 24.9 Å². The van der Waals surface area contributed by atoms with Crippen LogP contribution < -0.4 is 0 Å². The normalized spacial score (nSPS) is 8.31.